The first kappa shape index (κ1) is 15.2. The molecule has 102 valence electrons. The number of primary amides is 1. The molecule has 0 fully saturated rings. The van der Waals surface area contributed by atoms with Gasteiger partial charge in [-0.1, -0.05) is 13.8 Å². The van der Waals surface area contributed by atoms with Crippen molar-refractivity contribution in [3.8, 4) is 0 Å². The second-order valence-electron chi connectivity index (χ2n) is 4.48. The van der Waals surface area contributed by atoms with E-state index in [1.165, 1.54) is 11.3 Å². The quantitative estimate of drug-likeness (QED) is 0.789. The first-order valence-corrected chi connectivity index (χ1v) is 7.97. The number of rotatable bonds is 6. The SMILES string of the molecule is CCN(CC(C)C)c1sc(C(N)=O)c(N)c1SC. The summed E-state index contributed by atoms with van der Waals surface area (Å²) in [6, 6.07) is 0. The van der Waals surface area contributed by atoms with Crippen molar-refractivity contribution in [1.29, 1.82) is 0 Å². The van der Waals surface area contributed by atoms with Gasteiger partial charge >= 0.3 is 0 Å². The highest BCUT2D eigenvalue weighted by Crippen LogP contribution is 2.43. The van der Waals surface area contributed by atoms with E-state index in [0.29, 0.717) is 16.5 Å². The summed E-state index contributed by atoms with van der Waals surface area (Å²) in [6.45, 7) is 8.29. The van der Waals surface area contributed by atoms with Crippen LogP contribution >= 0.6 is 23.1 Å². The zero-order chi connectivity index (χ0) is 13.9. The molecule has 6 heteroatoms. The zero-order valence-electron chi connectivity index (χ0n) is 11.3. The Hall–Kier alpha value is -0.880. The van der Waals surface area contributed by atoms with E-state index in [1.54, 1.807) is 11.8 Å². The van der Waals surface area contributed by atoms with E-state index in [1.807, 2.05) is 6.26 Å². The number of nitrogens with zero attached hydrogens (tertiary/aromatic N) is 1. The maximum atomic E-state index is 11.4. The molecule has 0 saturated heterocycles. The number of anilines is 2. The van der Waals surface area contributed by atoms with Gasteiger partial charge in [-0.3, -0.25) is 4.79 Å². The number of carbonyl (C=O) groups is 1. The van der Waals surface area contributed by atoms with Gasteiger partial charge in [-0.05, 0) is 19.1 Å². The molecule has 0 bridgehead atoms. The van der Waals surface area contributed by atoms with E-state index in [0.717, 1.165) is 23.0 Å². The van der Waals surface area contributed by atoms with Crippen LogP contribution in [0.4, 0.5) is 10.7 Å². The fourth-order valence-electron chi connectivity index (χ4n) is 1.80. The Morgan fingerprint density at radius 2 is 2.11 bits per heavy atom. The second-order valence-corrected chi connectivity index (χ2v) is 6.30. The van der Waals surface area contributed by atoms with E-state index in [-0.39, 0.29) is 0 Å². The summed E-state index contributed by atoms with van der Waals surface area (Å²) < 4.78 is 0. The third-order valence-electron chi connectivity index (χ3n) is 2.56. The number of amides is 1. The Morgan fingerprint density at radius 3 is 2.50 bits per heavy atom. The van der Waals surface area contributed by atoms with Gasteiger partial charge in [0.15, 0.2) is 0 Å². The van der Waals surface area contributed by atoms with E-state index < -0.39 is 5.91 Å². The molecule has 0 aliphatic rings. The smallest absolute Gasteiger partial charge is 0.261 e. The predicted octanol–water partition coefficient (Wildman–Crippen LogP) is 2.63. The molecule has 1 amide bonds. The number of hydrogen-bond donors (Lipinski definition) is 2. The minimum atomic E-state index is -0.445. The van der Waals surface area contributed by atoms with Crippen molar-refractivity contribution in [1.82, 2.24) is 0 Å². The fraction of sp³-hybridized carbons (Fsp3) is 0.583. The highest BCUT2D eigenvalue weighted by Gasteiger charge is 2.22. The summed E-state index contributed by atoms with van der Waals surface area (Å²) in [5.41, 5.74) is 11.9. The first-order chi connectivity index (χ1) is 8.42. The normalized spacial score (nSPS) is 10.9. The fourth-order valence-corrected chi connectivity index (χ4v) is 3.91. The van der Waals surface area contributed by atoms with Gasteiger partial charge in [-0.25, -0.2) is 0 Å². The Balaban J connectivity index is 3.21. The summed E-state index contributed by atoms with van der Waals surface area (Å²) in [7, 11) is 0. The standard InChI is InChI=1S/C12H21N3OS2/c1-5-15(6-7(2)3)12-10(17-4)8(13)9(18-12)11(14)16/h7H,5-6,13H2,1-4H3,(H2,14,16). The number of thiophene rings is 1. The topological polar surface area (TPSA) is 72.3 Å². The lowest BCUT2D eigenvalue weighted by atomic mass is 10.2. The van der Waals surface area contributed by atoms with Gasteiger partial charge in [0.1, 0.15) is 9.88 Å². The molecule has 4 nitrogen and oxygen atoms in total. The summed E-state index contributed by atoms with van der Waals surface area (Å²) >= 11 is 2.97. The van der Waals surface area contributed by atoms with Crippen molar-refractivity contribution in [3.05, 3.63) is 4.88 Å². The molecule has 0 radical (unpaired) electrons. The van der Waals surface area contributed by atoms with E-state index >= 15 is 0 Å². The van der Waals surface area contributed by atoms with Crippen molar-refractivity contribution in [2.75, 3.05) is 30.0 Å². The van der Waals surface area contributed by atoms with Crippen LogP contribution in [0.15, 0.2) is 4.90 Å². The summed E-state index contributed by atoms with van der Waals surface area (Å²) in [5, 5.41) is 1.06. The Bertz CT molecular complexity index is 429. The largest absolute Gasteiger partial charge is 0.396 e. The van der Waals surface area contributed by atoms with Crippen LogP contribution in [0.25, 0.3) is 0 Å². The van der Waals surface area contributed by atoms with Crippen molar-refractivity contribution in [2.24, 2.45) is 11.7 Å². The van der Waals surface area contributed by atoms with Crippen molar-refractivity contribution in [2.45, 2.75) is 25.7 Å². The average molecular weight is 287 g/mol. The minimum absolute atomic E-state index is 0.445. The van der Waals surface area contributed by atoms with Crippen LogP contribution in [0.5, 0.6) is 0 Å². The van der Waals surface area contributed by atoms with Crippen molar-refractivity contribution in [3.63, 3.8) is 0 Å². The van der Waals surface area contributed by atoms with Gasteiger partial charge in [0.25, 0.3) is 5.91 Å². The molecule has 0 spiro atoms. The Labute approximate surface area is 117 Å². The van der Waals surface area contributed by atoms with Gasteiger partial charge in [0.05, 0.1) is 10.6 Å². The van der Waals surface area contributed by atoms with E-state index in [2.05, 4.69) is 25.7 Å². The molecule has 0 aliphatic carbocycles. The molecule has 0 atom stereocenters. The van der Waals surface area contributed by atoms with Gasteiger partial charge in [-0.15, -0.1) is 23.1 Å². The number of hydrogen-bond acceptors (Lipinski definition) is 5. The highest BCUT2D eigenvalue weighted by molar-refractivity contribution is 7.99. The van der Waals surface area contributed by atoms with Crippen LogP contribution in [0, 0.1) is 5.92 Å². The Morgan fingerprint density at radius 1 is 1.50 bits per heavy atom. The molecular weight excluding hydrogens is 266 g/mol. The summed E-state index contributed by atoms with van der Waals surface area (Å²) in [5.74, 6) is 0.111. The van der Waals surface area contributed by atoms with Gasteiger partial charge < -0.3 is 16.4 Å². The molecule has 0 unspecified atom stereocenters. The lowest BCUT2D eigenvalue weighted by Crippen LogP contribution is -2.26. The maximum Gasteiger partial charge on any atom is 0.261 e. The van der Waals surface area contributed by atoms with Crippen LogP contribution in [-0.2, 0) is 0 Å². The third kappa shape index (κ3) is 3.11. The highest BCUT2D eigenvalue weighted by atomic mass is 32.2. The Kier molecular flexibility index (Phi) is 5.34. The lowest BCUT2D eigenvalue weighted by Gasteiger charge is -2.24. The number of carbonyl (C=O) groups excluding carboxylic acids is 1. The molecule has 1 rings (SSSR count). The summed E-state index contributed by atoms with van der Waals surface area (Å²) in [4.78, 5) is 15.1. The lowest BCUT2D eigenvalue weighted by molar-refractivity contribution is 0.100. The molecule has 0 aliphatic heterocycles. The van der Waals surface area contributed by atoms with Crippen LogP contribution in [-0.4, -0.2) is 25.3 Å². The van der Waals surface area contributed by atoms with Gasteiger partial charge in [-0.2, -0.15) is 0 Å². The van der Waals surface area contributed by atoms with E-state index in [4.69, 9.17) is 11.5 Å². The van der Waals surface area contributed by atoms with Gasteiger partial charge in [0.2, 0.25) is 0 Å². The van der Waals surface area contributed by atoms with Crippen molar-refractivity contribution >= 4 is 39.7 Å². The molecular formula is C12H21N3OS2. The van der Waals surface area contributed by atoms with Crippen LogP contribution in [0.1, 0.15) is 30.4 Å². The number of thioether (sulfide) groups is 1. The van der Waals surface area contributed by atoms with Crippen LogP contribution in [0.3, 0.4) is 0 Å². The first-order valence-electron chi connectivity index (χ1n) is 5.93. The summed E-state index contributed by atoms with van der Waals surface area (Å²) in [6.07, 6.45) is 1.97. The minimum Gasteiger partial charge on any atom is -0.396 e. The molecule has 0 aromatic carbocycles. The monoisotopic (exact) mass is 287 g/mol. The zero-order valence-corrected chi connectivity index (χ0v) is 13.0. The molecule has 1 heterocycles. The molecule has 0 saturated carbocycles. The van der Waals surface area contributed by atoms with Crippen molar-refractivity contribution < 1.29 is 4.79 Å². The van der Waals surface area contributed by atoms with Crippen LogP contribution < -0.4 is 16.4 Å². The second kappa shape index (κ2) is 6.33. The molecule has 18 heavy (non-hydrogen) atoms. The van der Waals surface area contributed by atoms with E-state index in [9.17, 15) is 4.79 Å². The van der Waals surface area contributed by atoms with Crippen LogP contribution in [0.2, 0.25) is 0 Å². The van der Waals surface area contributed by atoms with Gasteiger partial charge in [0, 0.05) is 13.1 Å². The number of nitrogen functional groups attached to an aromatic ring is 1. The maximum absolute atomic E-state index is 11.4. The average Bonchev–Trinajstić information content (AvgIpc) is 2.62. The molecule has 1 aromatic rings. The third-order valence-corrected chi connectivity index (χ3v) is 4.80. The molecule has 4 N–H and O–H groups in total. The number of nitrogens with two attached hydrogens (primary N) is 2. The molecule has 1 aromatic heterocycles. The predicted molar refractivity (Wildman–Crippen MR) is 81.8 cm³/mol.